The molecule has 3 amide bonds. The Morgan fingerprint density at radius 1 is 1.19 bits per heavy atom. The second kappa shape index (κ2) is 8.89. The minimum atomic E-state index is -0.406. The van der Waals surface area contributed by atoms with Crippen molar-refractivity contribution in [3.05, 3.63) is 40.3 Å². The standard InChI is InChI=1S/C22H27N5O3S/c1-6-23-21(30)18-14-8-7-13(27(5)17(28)10-22(2,3)4)9-15(14)25-19(18)26-20(29)16-11-31-12-24-16/h7-9,11-12,25H,6,10H2,1-5H3,(H,23,30)(H,26,29). The lowest BCUT2D eigenvalue weighted by atomic mass is 9.91. The van der Waals surface area contributed by atoms with E-state index in [2.05, 4.69) is 20.6 Å². The highest BCUT2D eigenvalue weighted by Crippen LogP contribution is 2.31. The van der Waals surface area contributed by atoms with Gasteiger partial charge in [0, 0.05) is 42.0 Å². The molecule has 0 saturated carbocycles. The van der Waals surface area contributed by atoms with E-state index >= 15 is 0 Å². The summed E-state index contributed by atoms with van der Waals surface area (Å²) in [4.78, 5) is 46.6. The van der Waals surface area contributed by atoms with E-state index in [9.17, 15) is 14.4 Å². The number of nitrogens with one attached hydrogen (secondary N) is 3. The van der Waals surface area contributed by atoms with Gasteiger partial charge in [0.05, 0.1) is 11.1 Å². The van der Waals surface area contributed by atoms with Crippen molar-refractivity contribution in [1.82, 2.24) is 15.3 Å². The second-order valence-corrected chi connectivity index (χ2v) is 9.20. The number of aromatic nitrogens is 2. The topological polar surface area (TPSA) is 107 Å². The Labute approximate surface area is 185 Å². The highest BCUT2D eigenvalue weighted by Gasteiger charge is 2.23. The van der Waals surface area contributed by atoms with Gasteiger partial charge in [0.1, 0.15) is 11.5 Å². The van der Waals surface area contributed by atoms with Crippen LogP contribution in [0.15, 0.2) is 29.1 Å². The molecule has 3 N–H and O–H groups in total. The summed E-state index contributed by atoms with van der Waals surface area (Å²) in [7, 11) is 1.73. The molecule has 3 aromatic rings. The largest absolute Gasteiger partial charge is 0.352 e. The van der Waals surface area contributed by atoms with Gasteiger partial charge in [-0.05, 0) is 30.5 Å². The quantitative estimate of drug-likeness (QED) is 0.537. The first-order valence-electron chi connectivity index (χ1n) is 10.0. The van der Waals surface area contributed by atoms with Gasteiger partial charge in [0.15, 0.2) is 0 Å². The molecular formula is C22H27N5O3S. The summed E-state index contributed by atoms with van der Waals surface area (Å²) in [6, 6.07) is 5.38. The number of fused-ring (bicyclic) bond motifs is 1. The molecule has 2 heterocycles. The summed E-state index contributed by atoms with van der Waals surface area (Å²) in [5, 5.41) is 7.82. The second-order valence-electron chi connectivity index (χ2n) is 8.48. The summed E-state index contributed by atoms with van der Waals surface area (Å²) in [6.45, 7) is 8.33. The molecule has 1 aromatic carbocycles. The highest BCUT2D eigenvalue weighted by molar-refractivity contribution is 7.07. The van der Waals surface area contributed by atoms with Crippen molar-refractivity contribution in [1.29, 1.82) is 0 Å². The summed E-state index contributed by atoms with van der Waals surface area (Å²) in [6.07, 6.45) is 0.408. The van der Waals surface area contributed by atoms with Gasteiger partial charge < -0.3 is 20.5 Å². The van der Waals surface area contributed by atoms with E-state index in [1.54, 1.807) is 41.0 Å². The monoisotopic (exact) mass is 441 g/mol. The van der Waals surface area contributed by atoms with E-state index in [1.807, 2.05) is 27.7 Å². The Morgan fingerprint density at radius 2 is 1.94 bits per heavy atom. The molecule has 0 fully saturated rings. The van der Waals surface area contributed by atoms with Gasteiger partial charge in [-0.2, -0.15) is 0 Å². The molecule has 9 heteroatoms. The van der Waals surface area contributed by atoms with Crippen LogP contribution in [-0.4, -0.2) is 41.3 Å². The molecule has 0 atom stereocenters. The van der Waals surface area contributed by atoms with Crippen molar-refractivity contribution in [3.8, 4) is 0 Å². The summed E-state index contributed by atoms with van der Waals surface area (Å²) in [5.74, 6) is -0.414. The molecule has 0 bridgehead atoms. The van der Waals surface area contributed by atoms with Crippen molar-refractivity contribution in [2.45, 2.75) is 34.1 Å². The first-order chi connectivity index (χ1) is 14.6. The molecule has 0 spiro atoms. The van der Waals surface area contributed by atoms with E-state index in [1.165, 1.54) is 11.3 Å². The third-order valence-electron chi connectivity index (χ3n) is 4.69. The molecule has 0 saturated heterocycles. The Bertz CT molecular complexity index is 1110. The zero-order valence-corrected chi connectivity index (χ0v) is 19.1. The molecule has 8 nitrogen and oxygen atoms in total. The molecule has 2 aromatic heterocycles. The van der Waals surface area contributed by atoms with E-state index < -0.39 is 5.91 Å². The zero-order valence-electron chi connectivity index (χ0n) is 18.3. The van der Waals surface area contributed by atoms with Crippen molar-refractivity contribution >= 4 is 51.5 Å². The maximum atomic E-state index is 12.7. The van der Waals surface area contributed by atoms with E-state index in [0.29, 0.717) is 40.9 Å². The fourth-order valence-electron chi connectivity index (χ4n) is 3.19. The van der Waals surface area contributed by atoms with Crippen LogP contribution in [-0.2, 0) is 4.79 Å². The Balaban J connectivity index is 1.99. The van der Waals surface area contributed by atoms with Crippen molar-refractivity contribution < 1.29 is 14.4 Å². The molecule has 0 aliphatic heterocycles. The van der Waals surface area contributed by atoms with Crippen LogP contribution in [0.3, 0.4) is 0 Å². The number of amides is 3. The van der Waals surface area contributed by atoms with Crippen LogP contribution in [0.4, 0.5) is 11.5 Å². The minimum absolute atomic E-state index is 0.000543. The van der Waals surface area contributed by atoms with Crippen LogP contribution in [0.2, 0.25) is 0 Å². The lowest BCUT2D eigenvalue weighted by Crippen LogP contribution is -2.29. The van der Waals surface area contributed by atoms with Gasteiger partial charge in [-0.25, -0.2) is 4.98 Å². The Morgan fingerprint density at radius 3 is 2.55 bits per heavy atom. The number of hydrogen-bond donors (Lipinski definition) is 3. The first kappa shape index (κ1) is 22.5. The van der Waals surface area contributed by atoms with Crippen LogP contribution < -0.4 is 15.5 Å². The van der Waals surface area contributed by atoms with Gasteiger partial charge in [-0.1, -0.05) is 20.8 Å². The van der Waals surface area contributed by atoms with Gasteiger partial charge >= 0.3 is 0 Å². The van der Waals surface area contributed by atoms with Crippen LogP contribution in [0, 0.1) is 5.41 Å². The molecule has 31 heavy (non-hydrogen) atoms. The zero-order chi connectivity index (χ0) is 22.8. The maximum absolute atomic E-state index is 12.7. The molecule has 0 aliphatic rings. The van der Waals surface area contributed by atoms with Crippen LogP contribution in [0.25, 0.3) is 10.9 Å². The van der Waals surface area contributed by atoms with Crippen LogP contribution in [0.5, 0.6) is 0 Å². The fraction of sp³-hybridized carbons (Fsp3) is 0.364. The predicted molar refractivity (Wildman–Crippen MR) is 124 cm³/mol. The van der Waals surface area contributed by atoms with Crippen molar-refractivity contribution in [2.24, 2.45) is 5.41 Å². The number of carbonyl (C=O) groups excluding carboxylic acids is 3. The molecule has 0 unspecified atom stereocenters. The highest BCUT2D eigenvalue weighted by atomic mass is 32.1. The molecule has 3 rings (SSSR count). The number of benzene rings is 1. The minimum Gasteiger partial charge on any atom is -0.352 e. The van der Waals surface area contributed by atoms with Crippen molar-refractivity contribution in [2.75, 3.05) is 23.8 Å². The number of nitrogens with zero attached hydrogens (tertiary/aromatic N) is 2. The fourth-order valence-corrected chi connectivity index (χ4v) is 3.72. The number of H-pyrrole nitrogens is 1. The lowest BCUT2D eigenvalue weighted by molar-refractivity contribution is -0.120. The van der Waals surface area contributed by atoms with E-state index in [-0.39, 0.29) is 22.9 Å². The Hall–Kier alpha value is -3.20. The molecular weight excluding hydrogens is 414 g/mol. The van der Waals surface area contributed by atoms with Gasteiger partial charge in [-0.15, -0.1) is 11.3 Å². The molecule has 0 aliphatic carbocycles. The van der Waals surface area contributed by atoms with Gasteiger partial charge in [-0.3, -0.25) is 14.4 Å². The SMILES string of the molecule is CCNC(=O)c1c(NC(=O)c2cscn2)[nH]c2cc(N(C)C(=O)CC(C)(C)C)ccc12. The third kappa shape index (κ3) is 5.11. The van der Waals surface area contributed by atoms with Gasteiger partial charge in [0.2, 0.25) is 5.91 Å². The Kier molecular flexibility index (Phi) is 6.45. The summed E-state index contributed by atoms with van der Waals surface area (Å²) < 4.78 is 0. The van der Waals surface area contributed by atoms with Crippen molar-refractivity contribution in [3.63, 3.8) is 0 Å². The number of rotatable bonds is 6. The first-order valence-corrected chi connectivity index (χ1v) is 10.9. The summed E-state index contributed by atoms with van der Waals surface area (Å²) in [5.41, 5.74) is 3.40. The number of hydrogen-bond acceptors (Lipinski definition) is 5. The molecule has 164 valence electrons. The summed E-state index contributed by atoms with van der Waals surface area (Å²) >= 11 is 1.31. The average molecular weight is 442 g/mol. The van der Waals surface area contributed by atoms with Gasteiger partial charge in [0.25, 0.3) is 11.8 Å². The predicted octanol–water partition coefficient (Wildman–Crippen LogP) is 4.03. The number of thiazole rings is 1. The lowest BCUT2D eigenvalue weighted by Gasteiger charge is -2.23. The number of aromatic amines is 1. The normalized spacial score (nSPS) is 11.4. The van der Waals surface area contributed by atoms with E-state index in [4.69, 9.17) is 0 Å². The molecule has 0 radical (unpaired) electrons. The average Bonchev–Trinajstić information content (AvgIpc) is 3.33. The number of carbonyl (C=O) groups is 3. The van der Waals surface area contributed by atoms with E-state index in [0.717, 1.165) is 0 Å². The van der Waals surface area contributed by atoms with Crippen LogP contribution in [0.1, 0.15) is 55.0 Å². The van der Waals surface area contributed by atoms with Crippen LogP contribution >= 0.6 is 11.3 Å². The smallest absolute Gasteiger partial charge is 0.276 e. The third-order valence-corrected chi connectivity index (χ3v) is 5.28. The maximum Gasteiger partial charge on any atom is 0.276 e. The number of anilines is 2.